The van der Waals surface area contributed by atoms with Gasteiger partial charge in [-0.1, -0.05) is 30.6 Å². The number of aliphatic hydroxyl groups excluding tert-OH is 1. The fraction of sp³-hybridized carbons (Fsp3) is 0.536. The Morgan fingerprint density at radius 2 is 1.82 bits per heavy atom. The van der Waals surface area contributed by atoms with Crippen LogP contribution in [0.4, 0.5) is 13.2 Å². The van der Waals surface area contributed by atoms with Crippen molar-refractivity contribution >= 4 is 15.9 Å². The number of fused-ring (bicyclic) bond motifs is 4. The van der Waals surface area contributed by atoms with Crippen LogP contribution in [0, 0.1) is 29.1 Å². The fourth-order valence-electron chi connectivity index (χ4n) is 7.32. The minimum atomic E-state index is -5.80. The molecule has 204 valence electrons. The first-order valence-electron chi connectivity index (χ1n) is 12.6. The molecule has 3 unspecified atom stereocenters. The summed E-state index contributed by atoms with van der Waals surface area (Å²) in [5.74, 6) is 4.95. The smallest absolute Gasteiger partial charge is 0.389 e. The number of carbonyl (C=O) groups excluding carboxylic acids is 1. The van der Waals surface area contributed by atoms with E-state index < -0.39 is 38.5 Å². The third-order valence-corrected chi connectivity index (χ3v) is 10.0. The van der Waals surface area contributed by atoms with E-state index in [1.165, 1.54) is 12.1 Å². The maximum Gasteiger partial charge on any atom is 0.534 e. The SMILES string of the molecule is CC#CC1(O)C(O)C[C@H]2[C@@H]3CCC4=CC(=O)CCC4=C3C(c3ccc(OS(=O)(=O)C(F)(F)F)cc3)C[C@@]21C. The Kier molecular flexibility index (Phi) is 6.37. The second-order valence-corrected chi connectivity index (χ2v) is 12.5. The molecule has 2 saturated carbocycles. The van der Waals surface area contributed by atoms with Gasteiger partial charge in [0.15, 0.2) is 11.4 Å². The molecule has 4 aliphatic rings. The van der Waals surface area contributed by atoms with Crippen molar-refractivity contribution in [1.82, 2.24) is 0 Å². The number of hydrogen-bond acceptors (Lipinski definition) is 6. The molecule has 1 aromatic rings. The lowest BCUT2D eigenvalue weighted by Crippen LogP contribution is -2.54. The summed E-state index contributed by atoms with van der Waals surface area (Å²) < 4.78 is 65.6. The fourth-order valence-corrected chi connectivity index (χ4v) is 7.78. The van der Waals surface area contributed by atoms with E-state index in [1.807, 2.05) is 6.92 Å². The van der Waals surface area contributed by atoms with Gasteiger partial charge in [-0.25, -0.2) is 0 Å². The van der Waals surface area contributed by atoms with Crippen LogP contribution in [-0.2, 0) is 14.9 Å². The second-order valence-electron chi connectivity index (χ2n) is 10.9. The number of rotatable bonds is 3. The van der Waals surface area contributed by atoms with E-state index in [0.29, 0.717) is 32.1 Å². The topological polar surface area (TPSA) is 101 Å². The van der Waals surface area contributed by atoms with Gasteiger partial charge in [0, 0.05) is 17.8 Å². The van der Waals surface area contributed by atoms with E-state index in [0.717, 1.165) is 28.7 Å². The van der Waals surface area contributed by atoms with Crippen molar-refractivity contribution < 1.29 is 40.8 Å². The van der Waals surface area contributed by atoms with Crippen molar-refractivity contribution in [2.45, 2.75) is 75.5 Å². The lowest BCUT2D eigenvalue weighted by Gasteiger charge is -2.53. The van der Waals surface area contributed by atoms with Gasteiger partial charge in [-0.2, -0.15) is 21.6 Å². The zero-order chi connectivity index (χ0) is 27.7. The minimum Gasteiger partial charge on any atom is -0.389 e. The van der Waals surface area contributed by atoms with Crippen molar-refractivity contribution in [3.63, 3.8) is 0 Å². The molecule has 0 heterocycles. The van der Waals surface area contributed by atoms with Crippen molar-refractivity contribution in [2.24, 2.45) is 17.3 Å². The molecule has 10 heteroatoms. The number of benzene rings is 1. The minimum absolute atomic E-state index is 0.0166. The summed E-state index contributed by atoms with van der Waals surface area (Å²) >= 11 is 0. The third kappa shape index (κ3) is 4.02. The van der Waals surface area contributed by atoms with E-state index in [1.54, 1.807) is 25.1 Å². The zero-order valence-corrected chi connectivity index (χ0v) is 21.8. The first-order chi connectivity index (χ1) is 17.7. The van der Waals surface area contributed by atoms with Crippen LogP contribution < -0.4 is 4.18 Å². The van der Waals surface area contributed by atoms with Crippen molar-refractivity contribution in [3.8, 4) is 17.6 Å². The molecule has 0 radical (unpaired) electrons. The molecule has 0 aromatic heterocycles. The number of ketones is 1. The van der Waals surface area contributed by atoms with Gasteiger partial charge in [-0.3, -0.25) is 4.79 Å². The Morgan fingerprint density at radius 1 is 1.13 bits per heavy atom. The van der Waals surface area contributed by atoms with Crippen LogP contribution >= 0.6 is 0 Å². The summed E-state index contributed by atoms with van der Waals surface area (Å²) in [5.41, 5.74) is -4.00. The Hall–Kier alpha value is -2.61. The lowest BCUT2D eigenvalue weighted by molar-refractivity contribution is -0.114. The number of halogens is 3. The van der Waals surface area contributed by atoms with Crippen molar-refractivity contribution in [3.05, 3.63) is 52.6 Å². The van der Waals surface area contributed by atoms with Gasteiger partial charge in [0.25, 0.3) is 0 Å². The predicted molar refractivity (Wildman–Crippen MR) is 132 cm³/mol. The average Bonchev–Trinajstić information content (AvgIpc) is 3.03. The first kappa shape index (κ1) is 27.0. The lowest BCUT2D eigenvalue weighted by atomic mass is 9.51. The second kappa shape index (κ2) is 8.97. The normalized spacial score (nSPS) is 34.9. The quantitative estimate of drug-likeness (QED) is 0.326. The average molecular weight is 551 g/mol. The molecule has 2 fully saturated rings. The molecular formula is C28H29F3O6S. The molecule has 0 aliphatic heterocycles. The summed E-state index contributed by atoms with van der Waals surface area (Å²) in [7, 11) is -5.80. The summed E-state index contributed by atoms with van der Waals surface area (Å²) in [4.78, 5) is 12.2. The van der Waals surface area contributed by atoms with Gasteiger partial charge in [0.2, 0.25) is 0 Å². The number of allylic oxidation sites excluding steroid dienone is 4. The Labute approximate surface area is 219 Å². The van der Waals surface area contributed by atoms with E-state index in [-0.39, 0.29) is 23.5 Å². The molecule has 38 heavy (non-hydrogen) atoms. The van der Waals surface area contributed by atoms with Crippen LogP contribution in [0.3, 0.4) is 0 Å². The molecule has 0 spiro atoms. The highest BCUT2D eigenvalue weighted by molar-refractivity contribution is 7.88. The van der Waals surface area contributed by atoms with Gasteiger partial charge in [0.05, 0.1) is 6.10 Å². The van der Waals surface area contributed by atoms with Crippen LogP contribution in [0.25, 0.3) is 0 Å². The largest absolute Gasteiger partial charge is 0.534 e. The van der Waals surface area contributed by atoms with Crippen molar-refractivity contribution in [2.75, 3.05) is 0 Å². The van der Waals surface area contributed by atoms with Crippen LogP contribution in [0.1, 0.15) is 63.9 Å². The van der Waals surface area contributed by atoms with Crippen LogP contribution in [0.5, 0.6) is 5.75 Å². The molecule has 1 aromatic carbocycles. The Balaban J connectivity index is 1.61. The van der Waals surface area contributed by atoms with Gasteiger partial charge in [0.1, 0.15) is 5.75 Å². The van der Waals surface area contributed by atoms with Gasteiger partial charge >= 0.3 is 15.6 Å². The van der Waals surface area contributed by atoms with E-state index >= 15 is 0 Å². The summed E-state index contributed by atoms with van der Waals surface area (Å²) in [6.45, 7) is 3.55. The molecule has 2 N–H and O–H groups in total. The number of alkyl halides is 3. The van der Waals surface area contributed by atoms with Crippen LogP contribution in [-0.4, -0.2) is 41.6 Å². The molecule has 0 amide bonds. The summed E-state index contributed by atoms with van der Waals surface area (Å²) in [6, 6.07) is 5.47. The first-order valence-corrected chi connectivity index (χ1v) is 14.0. The van der Waals surface area contributed by atoms with E-state index in [4.69, 9.17) is 0 Å². The predicted octanol–water partition coefficient (Wildman–Crippen LogP) is 4.54. The van der Waals surface area contributed by atoms with Gasteiger partial charge in [-0.05, 0) is 85.8 Å². The third-order valence-electron chi connectivity index (χ3n) is 9.04. The zero-order valence-electron chi connectivity index (χ0n) is 21.0. The molecule has 6 atom stereocenters. The highest BCUT2D eigenvalue weighted by atomic mass is 32.2. The van der Waals surface area contributed by atoms with E-state index in [2.05, 4.69) is 16.0 Å². The molecule has 5 rings (SSSR count). The summed E-state index contributed by atoms with van der Waals surface area (Å²) in [5, 5.41) is 22.7. The van der Waals surface area contributed by atoms with Gasteiger partial charge in [-0.15, -0.1) is 5.92 Å². The van der Waals surface area contributed by atoms with Gasteiger partial charge < -0.3 is 14.4 Å². The maximum absolute atomic E-state index is 12.8. The summed E-state index contributed by atoms with van der Waals surface area (Å²) in [6.07, 6.45) is 3.89. The highest BCUT2D eigenvalue weighted by Gasteiger charge is 2.66. The Morgan fingerprint density at radius 3 is 2.45 bits per heavy atom. The van der Waals surface area contributed by atoms with Crippen LogP contribution in [0.2, 0.25) is 0 Å². The Bertz CT molecular complexity index is 1400. The maximum atomic E-state index is 12.8. The number of aliphatic hydroxyl groups is 2. The molecule has 0 saturated heterocycles. The number of hydrogen-bond donors (Lipinski definition) is 2. The van der Waals surface area contributed by atoms with E-state index in [9.17, 15) is 36.6 Å². The molecule has 4 aliphatic carbocycles. The molecule has 0 bridgehead atoms. The molecule has 6 nitrogen and oxygen atoms in total. The van der Waals surface area contributed by atoms with Crippen LogP contribution in [0.15, 0.2) is 47.1 Å². The number of carbonyl (C=O) groups is 1. The monoisotopic (exact) mass is 550 g/mol. The molecular weight excluding hydrogens is 521 g/mol. The highest BCUT2D eigenvalue weighted by Crippen LogP contribution is 2.66. The standard InChI is InChI=1S/C28H29F3O6S/c1-3-12-27(34)24(33)14-23-21-10-6-17-13-18(32)7-11-20(17)25(21)22(15-26(23,27)2)16-4-8-19(9-5-16)37-38(35,36)28(29,30)31/h4-5,8-9,13,21-24,33-34H,6-7,10-11,14-15H2,1-2H3/t21-,22?,23-,24?,26-,27?/m0/s1. The van der Waals surface area contributed by atoms with Crippen molar-refractivity contribution in [1.29, 1.82) is 0 Å².